The topological polar surface area (TPSA) is 47.3 Å². The maximum absolute atomic E-state index is 8.85. The molecule has 0 amide bonds. The SMILES string of the molecule is CCc1cc(CCCO)nn1C1CCCCO1. The number of aryl methyl sites for hydroxylation is 2. The summed E-state index contributed by atoms with van der Waals surface area (Å²) in [7, 11) is 0. The Bertz CT molecular complexity index is 343. The van der Waals surface area contributed by atoms with Crippen LogP contribution in [-0.2, 0) is 17.6 Å². The number of nitrogens with zero attached hydrogens (tertiary/aromatic N) is 2. The first kappa shape index (κ1) is 12.6. The molecule has 2 heterocycles. The van der Waals surface area contributed by atoms with Crippen LogP contribution in [0.5, 0.6) is 0 Å². The highest BCUT2D eigenvalue weighted by Crippen LogP contribution is 2.24. The molecule has 0 aromatic carbocycles. The summed E-state index contributed by atoms with van der Waals surface area (Å²) in [5.41, 5.74) is 2.31. The van der Waals surface area contributed by atoms with E-state index in [1.165, 1.54) is 12.1 Å². The zero-order valence-corrected chi connectivity index (χ0v) is 10.6. The maximum atomic E-state index is 8.85. The van der Waals surface area contributed by atoms with Crippen molar-refractivity contribution in [3.63, 3.8) is 0 Å². The standard InChI is InChI=1S/C13H22N2O2/c1-2-12-10-11(6-5-8-16)14-15(12)13-7-3-4-9-17-13/h10,13,16H,2-9H2,1H3. The fourth-order valence-corrected chi connectivity index (χ4v) is 2.30. The second kappa shape index (κ2) is 6.17. The van der Waals surface area contributed by atoms with E-state index in [0.717, 1.165) is 44.4 Å². The molecule has 1 aromatic heterocycles. The Morgan fingerprint density at radius 3 is 3.06 bits per heavy atom. The average molecular weight is 238 g/mol. The van der Waals surface area contributed by atoms with Gasteiger partial charge in [0.1, 0.15) is 6.23 Å². The molecule has 1 N–H and O–H groups in total. The number of aliphatic hydroxyl groups is 1. The number of hydrogen-bond acceptors (Lipinski definition) is 3. The first-order chi connectivity index (χ1) is 8.35. The first-order valence-electron chi connectivity index (χ1n) is 6.65. The summed E-state index contributed by atoms with van der Waals surface area (Å²) < 4.78 is 7.82. The van der Waals surface area contributed by atoms with Gasteiger partial charge in [0, 0.05) is 18.9 Å². The fourth-order valence-electron chi connectivity index (χ4n) is 2.30. The summed E-state index contributed by atoms with van der Waals surface area (Å²) >= 11 is 0. The number of aliphatic hydroxyl groups excluding tert-OH is 1. The summed E-state index contributed by atoms with van der Waals surface area (Å²) in [5, 5.41) is 13.5. The normalized spacial score (nSPS) is 20.7. The second-order valence-electron chi connectivity index (χ2n) is 4.57. The van der Waals surface area contributed by atoms with E-state index in [0.29, 0.717) is 0 Å². The summed E-state index contributed by atoms with van der Waals surface area (Å²) in [6.45, 7) is 3.22. The van der Waals surface area contributed by atoms with Crippen LogP contribution in [-0.4, -0.2) is 28.1 Å². The zero-order valence-electron chi connectivity index (χ0n) is 10.6. The minimum atomic E-state index is 0.126. The van der Waals surface area contributed by atoms with Gasteiger partial charge in [0.2, 0.25) is 0 Å². The molecule has 2 rings (SSSR count). The number of rotatable bonds is 5. The molecule has 1 aliphatic heterocycles. The lowest BCUT2D eigenvalue weighted by molar-refractivity contribution is -0.0412. The Morgan fingerprint density at radius 1 is 1.53 bits per heavy atom. The predicted octanol–water partition coefficient (Wildman–Crippen LogP) is 2.07. The molecule has 17 heavy (non-hydrogen) atoms. The van der Waals surface area contributed by atoms with E-state index < -0.39 is 0 Å². The molecule has 0 spiro atoms. The molecule has 0 radical (unpaired) electrons. The van der Waals surface area contributed by atoms with Crippen molar-refractivity contribution in [3.05, 3.63) is 17.5 Å². The van der Waals surface area contributed by atoms with Gasteiger partial charge in [-0.2, -0.15) is 5.10 Å². The van der Waals surface area contributed by atoms with E-state index >= 15 is 0 Å². The van der Waals surface area contributed by atoms with E-state index in [1.807, 2.05) is 4.68 Å². The lowest BCUT2D eigenvalue weighted by Gasteiger charge is -2.24. The van der Waals surface area contributed by atoms with E-state index in [9.17, 15) is 0 Å². The third-order valence-corrected chi connectivity index (χ3v) is 3.25. The van der Waals surface area contributed by atoms with E-state index in [-0.39, 0.29) is 12.8 Å². The Morgan fingerprint density at radius 2 is 2.41 bits per heavy atom. The van der Waals surface area contributed by atoms with Crippen molar-refractivity contribution >= 4 is 0 Å². The minimum Gasteiger partial charge on any atom is -0.396 e. The van der Waals surface area contributed by atoms with Crippen LogP contribution in [0.25, 0.3) is 0 Å². The summed E-state index contributed by atoms with van der Waals surface area (Å²) in [6, 6.07) is 2.15. The van der Waals surface area contributed by atoms with Gasteiger partial charge >= 0.3 is 0 Å². The van der Waals surface area contributed by atoms with Gasteiger partial charge < -0.3 is 9.84 Å². The first-order valence-corrected chi connectivity index (χ1v) is 6.65. The van der Waals surface area contributed by atoms with Gasteiger partial charge in [0.05, 0.1) is 5.69 Å². The zero-order chi connectivity index (χ0) is 12.1. The van der Waals surface area contributed by atoms with Crippen molar-refractivity contribution in [2.45, 2.75) is 51.7 Å². The average Bonchev–Trinajstić information content (AvgIpc) is 2.80. The quantitative estimate of drug-likeness (QED) is 0.854. The second-order valence-corrected chi connectivity index (χ2v) is 4.57. The third kappa shape index (κ3) is 3.07. The van der Waals surface area contributed by atoms with Crippen molar-refractivity contribution in [1.82, 2.24) is 9.78 Å². The van der Waals surface area contributed by atoms with Crippen molar-refractivity contribution in [1.29, 1.82) is 0 Å². The van der Waals surface area contributed by atoms with Gasteiger partial charge in [-0.25, -0.2) is 4.68 Å². The van der Waals surface area contributed by atoms with Gasteiger partial charge in [-0.3, -0.25) is 0 Å². The maximum Gasteiger partial charge on any atom is 0.150 e. The summed E-state index contributed by atoms with van der Waals surface area (Å²) in [4.78, 5) is 0. The van der Waals surface area contributed by atoms with Crippen LogP contribution < -0.4 is 0 Å². The number of hydrogen-bond donors (Lipinski definition) is 1. The van der Waals surface area contributed by atoms with Crippen molar-refractivity contribution in [2.75, 3.05) is 13.2 Å². The molecule has 0 bridgehead atoms. The van der Waals surface area contributed by atoms with Gasteiger partial charge in [-0.15, -0.1) is 0 Å². The van der Waals surface area contributed by atoms with Crippen molar-refractivity contribution in [3.8, 4) is 0 Å². The third-order valence-electron chi connectivity index (χ3n) is 3.25. The molecule has 0 saturated carbocycles. The van der Waals surface area contributed by atoms with Crippen LogP contribution in [0, 0.1) is 0 Å². The lowest BCUT2D eigenvalue weighted by atomic mass is 10.2. The van der Waals surface area contributed by atoms with Crippen LogP contribution >= 0.6 is 0 Å². The Labute approximate surface area is 103 Å². The number of aromatic nitrogens is 2. The van der Waals surface area contributed by atoms with Crippen molar-refractivity contribution in [2.24, 2.45) is 0 Å². The van der Waals surface area contributed by atoms with Crippen LogP contribution in [0.1, 0.15) is 50.2 Å². The molecule has 1 aromatic rings. The van der Waals surface area contributed by atoms with Crippen LogP contribution in [0.2, 0.25) is 0 Å². The van der Waals surface area contributed by atoms with Gasteiger partial charge in [-0.05, 0) is 44.6 Å². The molecule has 1 aliphatic rings. The van der Waals surface area contributed by atoms with E-state index in [1.54, 1.807) is 0 Å². The van der Waals surface area contributed by atoms with Crippen LogP contribution in [0.4, 0.5) is 0 Å². The molecule has 96 valence electrons. The summed E-state index contributed by atoms with van der Waals surface area (Å²) in [6.07, 6.45) is 6.19. The lowest BCUT2D eigenvalue weighted by Crippen LogP contribution is -2.21. The molecule has 0 aliphatic carbocycles. The highest BCUT2D eigenvalue weighted by molar-refractivity contribution is 5.11. The van der Waals surface area contributed by atoms with Crippen LogP contribution in [0.3, 0.4) is 0 Å². The molecular weight excluding hydrogens is 216 g/mol. The smallest absolute Gasteiger partial charge is 0.150 e. The van der Waals surface area contributed by atoms with Crippen molar-refractivity contribution < 1.29 is 9.84 Å². The largest absolute Gasteiger partial charge is 0.396 e. The Balaban J connectivity index is 2.10. The Kier molecular flexibility index (Phi) is 4.57. The molecule has 1 unspecified atom stereocenters. The van der Waals surface area contributed by atoms with E-state index in [4.69, 9.17) is 9.84 Å². The van der Waals surface area contributed by atoms with E-state index in [2.05, 4.69) is 18.1 Å². The highest BCUT2D eigenvalue weighted by Gasteiger charge is 2.19. The van der Waals surface area contributed by atoms with Gasteiger partial charge in [0.25, 0.3) is 0 Å². The molecule has 1 fully saturated rings. The van der Waals surface area contributed by atoms with Gasteiger partial charge in [-0.1, -0.05) is 6.92 Å². The Hall–Kier alpha value is -0.870. The van der Waals surface area contributed by atoms with Crippen LogP contribution in [0.15, 0.2) is 6.07 Å². The predicted molar refractivity (Wildman–Crippen MR) is 65.9 cm³/mol. The molecule has 4 heteroatoms. The fraction of sp³-hybridized carbons (Fsp3) is 0.769. The minimum absolute atomic E-state index is 0.126. The highest BCUT2D eigenvalue weighted by atomic mass is 16.5. The summed E-state index contributed by atoms with van der Waals surface area (Å²) in [5.74, 6) is 0. The molecular formula is C13H22N2O2. The number of ether oxygens (including phenoxy) is 1. The molecule has 4 nitrogen and oxygen atoms in total. The molecule has 1 saturated heterocycles. The molecule has 1 atom stereocenters. The van der Waals surface area contributed by atoms with Gasteiger partial charge in [0.15, 0.2) is 0 Å². The monoisotopic (exact) mass is 238 g/mol.